The van der Waals surface area contributed by atoms with Crippen molar-refractivity contribution in [1.82, 2.24) is 14.5 Å². The molecule has 0 bridgehead atoms. The highest BCUT2D eigenvalue weighted by Gasteiger charge is 2.29. The number of nitro benzene ring substituents is 1. The highest BCUT2D eigenvalue weighted by Crippen LogP contribution is 2.22. The fourth-order valence-electron chi connectivity index (χ4n) is 3.28. The highest BCUT2D eigenvalue weighted by atomic mass is 32.2. The van der Waals surface area contributed by atoms with Crippen LogP contribution in [-0.2, 0) is 10.0 Å². The number of piperazine rings is 1. The molecule has 10 nitrogen and oxygen atoms in total. The Morgan fingerprint density at radius 2 is 1.55 bits per heavy atom. The zero-order valence-electron chi connectivity index (χ0n) is 16.5. The number of benzene rings is 2. The van der Waals surface area contributed by atoms with E-state index in [4.69, 9.17) is 0 Å². The Hall–Kier alpha value is -3.57. The van der Waals surface area contributed by atoms with E-state index in [-0.39, 0.29) is 23.7 Å². The second kappa shape index (κ2) is 8.66. The van der Waals surface area contributed by atoms with Gasteiger partial charge in [0, 0.05) is 44.0 Å². The van der Waals surface area contributed by atoms with Crippen molar-refractivity contribution in [3.63, 3.8) is 0 Å². The van der Waals surface area contributed by atoms with Gasteiger partial charge in [0.15, 0.2) is 11.6 Å². The minimum atomic E-state index is -3.71. The summed E-state index contributed by atoms with van der Waals surface area (Å²) in [4.78, 5) is 12.2. The number of anilines is 3. The number of para-hydroxylation sites is 1. The SMILES string of the molecule is O=[N+]([O-])c1ccc(S(=O)(=O)N2CCN(c3ccc(Nc4ccccc4)nn3)CC2)cc1. The smallest absolute Gasteiger partial charge is 0.269 e. The average Bonchev–Trinajstić information content (AvgIpc) is 2.80. The van der Waals surface area contributed by atoms with Gasteiger partial charge in [-0.05, 0) is 36.4 Å². The minimum absolute atomic E-state index is 0.0441. The molecule has 1 N–H and O–H groups in total. The third kappa shape index (κ3) is 4.62. The van der Waals surface area contributed by atoms with E-state index >= 15 is 0 Å². The zero-order chi connectivity index (χ0) is 21.8. The summed E-state index contributed by atoms with van der Waals surface area (Å²) in [6, 6.07) is 18.2. The normalized spacial score (nSPS) is 14.9. The van der Waals surface area contributed by atoms with Crippen molar-refractivity contribution < 1.29 is 13.3 Å². The van der Waals surface area contributed by atoms with Gasteiger partial charge < -0.3 is 10.2 Å². The van der Waals surface area contributed by atoms with Gasteiger partial charge in [-0.3, -0.25) is 10.1 Å². The Bertz CT molecular complexity index is 1150. The lowest BCUT2D eigenvalue weighted by atomic mass is 10.3. The molecule has 2 aromatic carbocycles. The van der Waals surface area contributed by atoms with Crippen LogP contribution in [0.25, 0.3) is 0 Å². The van der Waals surface area contributed by atoms with Crippen molar-refractivity contribution in [2.45, 2.75) is 4.90 Å². The van der Waals surface area contributed by atoms with Gasteiger partial charge in [-0.25, -0.2) is 8.42 Å². The Morgan fingerprint density at radius 3 is 2.13 bits per heavy atom. The molecule has 0 saturated carbocycles. The number of nitrogens with one attached hydrogen (secondary N) is 1. The summed E-state index contributed by atoms with van der Waals surface area (Å²) in [6.07, 6.45) is 0. The lowest BCUT2D eigenvalue weighted by molar-refractivity contribution is -0.384. The van der Waals surface area contributed by atoms with E-state index in [1.165, 1.54) is 28.6 Å². The number of nitro groups is 1. The first kappa shape index (κ1) is 20.7. The first-order chi connectivity index (χ1) is 14.9. The first-order valence-corrected chi connectivity index (χ1v) is 11.0. The maximum Gasteiger partial charge on any atom is 0.269 e. The zero-order valence-corrected chi connectivity index (χ0v) is 17.3. The molecule has 0 aliphatic carbocycles. The molecule has 31 heavy (non-hydrogen) atoms. The summed E-state index contributed by atoms with van der Waals surface area (Å²) in [5.41, 5.74) is 0.766. The van der Waals surface area contributed by atoms with E-state index in [0.29, 0.717) is 24.7 Å². The molecular weight excluding hydrogens is 420 g/mol. The van der Waals surface area contributed by atoms with Crippen LogP contribution in [0.15, 0.2) is 71.6 Å². The fraction of sp³-hybridized carbons (Fsp3) is 0.200. The molecule has 1 fully saturated rings. The van der Waals surface area contributed by atoms with Crippen LogP contribution in [0.1, 0.15) is 0 Å². The minimum Gasteiger partial charge on any atom is -0.352 e. The second-order valence-corrected chi connectivity index (χ2v) is 8.85. The molecule has 1 aromatic heterocycles. The van der Waals surface area contributed by atoms with Crippen molar-refractivity contribution in [2.75, 3.05) is 36.4 Å². The lowest BCUT2D eigenvalue weighted by Crippen LogP contribution is -2.48. The largest absolute Gasteiger partial charge is 0.352 e. The maximum absolute atomic E-state index is 12.8. The van der Waals surface area contributed by atoms with Crippen LogP contribution in [0.2, 0.25) is 0 Å². The van der Waals surface area contributed by atoms with Gasteiger partial charge >= 0.3 is 0 Å². The van der Waals surface area contributed by atoms with Gasteiger partial charge in [0.2, 0.25) is 10.0 Å². The number of nitrogens with zero attached hydrogens (tertiary/aromatic N) is 5. The van der Waals surface area contributed by atoms with E-state index in [2.05, 4.69) is 15.5 Å². The van der Waals surface area contributed by atoms with E-state index in [1.54, 1.807) is 0 Å². The van der Waals surface area contributed by atoms with Crippen molar-refractivity contribution in [3.8, 4) is 0 Å². The van der Waals surface area contributed by atoms with Crippen molar-refractivity contribution in [2.24, 2.45) is 0 Å². The number of hydrogen-bond donors (Lipinski definition) is 1. The summed E-state index contributed by atoms with van der Waals surface area (Å²) >= 11 is 0. The van der Waals surface area contributed by atoms with Gasteiger partial charge in [0.05, 0.1) is 9.82 Å². The van der Waals surface area contributed by atoms with Crippen LogP contribution in [0, 0.1) is 10.1 Å². The number of hydrogen-bond acceptors (Lipinski definition) is 8. The molecule has 0 amide bonds. The van der Waals surface area contributed by atoms with Gasteiger partial charge in [0.1, 0.15) is 0 Å². The molecule has 0 radical (unpaired) electrons. The molecule has 1 saturated heterocycles. The summed E-state index contributed by atoms with van der Waals surface area (Å²) in [6.45, 7) is 1.49. The summed E-state index contributed by atoms with van der Waals surface area (Å²) < 4.78 is 27.0. The van der Waals surface area contributed by atoms with E-state index in [0.717, 1.165) is 5.69 Å². The summed E-state index contributed by atoms with van der Waals surface area (Å²) in [7, 11) is -3.71. The molecule has 4 rings (SSSR count). The fourth-order valence-corrected chi connectivity index (χ4v) is 4.70. The van der Waals surface area contributed by atoms with Crippen LogP contribution in [0.3, 0.4) is 0 Å². The lowest BCUT2D eigenvalue weighted by Gasteiger charge is -2.34. The molecule has 0 spiro atoms. The molecule has 160 valence electrons. The number of non-ortho nitro benzene ring substituents is 1. The van der Waals surface area contributed by atoms with E-state index < -0.39 is 14.9 Å². The maximum atomic E-state index is 12.8. The molecule has 0 atom stereocenters. The molecule has 11 heteroatoms. The standard InChI is InChI=1S/C20H20N6O4S/c27-26(28)17-6-8-18(9-7-17)31(29,30)25-14-12-24(13-15-25)20-11-10-19(22-23-20)21-16-4-2-1-3-5-16/h1-11H,12-15H2,(H,21,22). The number of sulfonamides is 1. The molecule has 0 unspecified atom stereocenters. The number of aromatic nitrogens is 2. The summed E-state index contributed by atoms with van der Waals surface area (Å²) in [5.74, 6) is 1.29. The first-order valence-electron chi connectivity index (χ1n) is 9.59. The van der Waals surface area contributed by atoms with Crippen LogP contribution in [-0.4, -0.2) is 54.0 Å². The van der Waals surface area contributed by atoms with Gasteiger partial charge in [-0.1, -0.05) is 18.2 Å². The third-order valence-corrected chi connectivity index (χ3v) is 6.86. The molecule has 1 aliphatic rings. The second-order valence-electron chi connectivity index (χ2n) is 6.91. The topological polar surface area (TPSA) is 122 Å². The highest BCUT2D eigenvalue weighted by molar-refractivity contribution is 7.89. The predicted octanol–water partition coefficient (Wildman–Crippen LogP) is 2.64. The average molecular weight is 440 g/mol. The van der Waals surface area contributed by atoms with E-state index in [9.17, 15) is 18.5 Å². The summed E-state index contributed by atoms with van der Waals surface area (Å²) in [5, 5.41) is 22.4. The quantitative estimate of drug-likeness (QED) is 0.459. The molecule has 1 aliphatic heterocycles. The third-order valence-electron chi connectivity index (χ3n) is 4.94. The van der Waals surface area contributed by atoms with Crippen molar-refractivity contribution >= 4 is 33.0 Å². The Balaban J connectivity index is 1.38. The van der Waals surface area contributed by atoms with E-state index in [1.807, 2.05) is 47.4 Å². The monoisotopic (exact) mass is 440 g/mol. The molecular formula is C20H20N6O4S. The van der Waals surface area contributed by atoms with Crippen LogP contribution < -0.4 is 10.2 Å². The van der Waals surface area contributed by atoms with Gasteiger partial charge in [-0.2, -0.15) is 4.31 Å². The number of rotatable bonds is 6. The van der Waals surface area contributed by atoms with Crippen LogP contribution in [0.4, 0.5) is 23.0 Å². The predicted molar refractivity (Wildman–Crippen MR) is 116 cm³/mol. The Kier molecular flexibility index (Phi) is 5.78. The Morgan fingerprint density at radius 1 is 0.871 bits per heavy atom. The molecule has 3 aromatic rings. The molecule has 2 heterocycles. The van der Waals surface area contributed by atoms with Crippen molar-refractivity contribution in [3.05, 3.63) is 76.8 Å². The van der Waals surface area contributed by atoms with Gasteiger partial charge in [-0.15, -0.1) is 10.2 Å². The van der Waals surface area contributed by atoms with Crippen molar-refractivity contribution in [1.29, 1.82) is 0 Å². The Labute approximate surface area is 179 Å². The van der Waals surface area contributed by atoms with Crippen LogP contribution in [0.5, 0.6) is 0 Å². The van der Waals surface area contributed by atoms with Crippen LogP contribution >= 0.6 is 0 Å². The van der Waals surface area contributed by atoms with Gasteiger partial charge in [0.25, 0.3) is 5.69 Å².